The van der Waals surface area contributed by atoms with Crippen LogP contribution < -0.4 is 5.32 Å². The average Bonchev–Trinajstić information content (AvgIpc) is 2.07. The highest BCUT2D eigenvalue weighted by molar-refractivity contribution is 4.70. The van der Waals surface area contributed by atoms with Crippen molar-refractivity contribution < 1.29 is 0 Å². The molecule has 1 rings (SSSR count). The predicted octanol–water partition coefficient (Wildman–Crippen LogP) is 1.21. The number of nitrogens with one attached hydrogen (secondary N) is 1. The third kappa shape index (κ3) is 3.54. The number of nitrogens with zero attached hydrogens (tertiary/aromatic N) is 1. The van der Waals surface area contributed by atoms with Gasteiger partial charge in [-0.3, -0.25) is 4.90 Å². The molecule has 0 spiro atoms. The molecule has 0 bridgehead atoms. The molecular weight excluding hydrogens is 136 g/mol. The minimum absolute atomic E-state index is 0.927. The van der Waals surface area contributed by atoms with Gasteiger partial charge in [0.1, 0.15) is 0 Å². The highest BCUT2D eigenvalue weighted by Gasteiger charge is 2.07. The Labute approximate surface area is 69.3 Å². The maximum absolute atomic E-state index is 3.66. The lowest BCUT2D eigenvalue weighted by atomic mass is 10.1. The lowest BCUT2D eigenvalue weighted by Gasteiger charge is -2.26. The van der Waals surface area contributed by atoms with Crippen molar-refractivity contribution in [3.63, 3.8) is 0 Å². The Hall–Kier alpha value is -0.340. The Morgan fingerprint density at radius 2 is 2.00 bits per heavy atom. The summed E-state index contributed by atoms with van der Waals surface area (Å²) in [6.45, 7) is 8.16. The molecule has 1 heterocycles. The van der Waals surface area contributed by atoms with Crippen LogP contribution in [0.1, 0.15) is 19.3 Å². The van der Waals surface area contributed by atoms with E-state index in [1.54, 1.807) is 0 Å². The van der Waals surface area contributed by atoms with Crippen molar-refractivity contribution in [3.8, 4) is 0 Å². The third-order valence-corrected chi connectivity index (χ3v) is 2.07. The van der Waals surface area contributed by atoms with Gasteiger partial charge in [0.15, 0.2) is 0 Å². The lowest BCUT2D eigenvalue weighted by Crippen LogP contribution is -2.37. The van der Waals surface area contributed by atoms with Crippen molar-refractivity contribution in [2.75, 3.05) is 26.3 Å². The van der Waals surface area contributed by atoms with Crippen molar-refractivity contribution in [2.24, 2.45) is 0 Å². The summed E-state index contributed by atoms with van der Waals surface area (Å²) in [5.74, 6) is 0. The Balaban J connectivity index is 2.00. The number of likely N-dealkylation sites (tertiary alicyclic amines) is 1. The van der Waals surface area contributed by atoms with Gasteiger partial charge in [-0.05, 0) is 25.9 Å². The minimum Gasteiger partial charge on any atom is -0.301 e. The Morgan fingerprint density at radius 1 is 1.27 bits per heavy atom. The van der Waals surface area contributed by atoms with Crippen LogP contribution in [0.3, 0.4) is 0 Å². The van der Waals surface area contributed by atoms with E-state index in [2.05, 4.69) is 16.8 Å². The van der Waals surface area contributed by atoms with Crippen LogP contribution in [0.4, 0.5) is 0 Å². The van der Waals surface area contributed by atoms with E-state index in [0.717, 1.165) is 13.2 Å². The second kappa shape index (κ2) is 5.33. The largest absolute Gasteiger partial charge is 0.301 e. The van der Waals surface area contributed by atoms with Gasteiger partial charge in [-0.2, -0.15) is 0 Å². The molecule has 0 aromatic rings. The van der Waals surface area contributed by atoms with Gasteiger partial charge < -0.3 is 5.32 Å². The molecular formula is C9H18N2. The van der Waals surface area contributed by atoms with Gasteiger partial charge in [0, 0.05) is 13.2 Å². The fraction of sp³-hybridized carbons (Fsp3) is 0.778. The van der Waals surface area contributed by atoms with Gasteiger partial charge in [0.2, 0.25) is 0 Å². The van der Waals surface area contributed by atoms with Crippen LogP contribution in [-0.2, 0) is 0 Å². The van der Waals surface area contributed by atoms with E-state index in [1.165, 1.54) is 32.4 Å². The Morgan fingerprint density at radius 3 is 2.64 bits per heavy atom. The van der Waals surface area contributed by atoms with Crippen LogP contribution in [0, 0.1) is 0 Å². The number of hydrogen-bond acceptors (Lipinski definition) is 2. The first-order valence-corrected chi connectivity index (χ1v) is 4.47. The van der Waals surface area contributed by atoms with Gasteiger partial charge in [0.05, 0.1) is 0 Å². The van der Waals surface area contributed by atoms with Crippen molar-refractivity contribution in [3.05, 3.63) is 12.7 Å². The summed E-state index contributed by atoms with van der Waals surface area (Å²) in [7, 11) is 0. The van der Waals surface area contributed by atoms with Gasteiger partial charge in [-0.25, -0.2) is 0 Å². The molecule has 1 aliphatic rings. The second-order valence-corrected chi connectivity index (χ2v) is 3.08. The van der Waals surface area contributed by atoms with Crippen molar-refractivity contribution >= 4 is 0 Å². The first-order valence-electron chi connectivity index (χ1n) is 4.47. The summed E-state index contributed by atoms with van der Waals surface area (Å²) in [5, 5.41) is 3.31. The van der Waals surface area contributed by atoms with E-state index in [0.29, 0.717) is 0 Å². The van der Waals surface area contributed by atoms with Crippen molar-refractivity contribution in [1.82, 2.24) is 10.2 Å². The van der Waals surface area contributed by atoms with Gasteiger partial charge in [0.25, 0.3) is 0 Å². The van der Waals surface area contributed by atoms with Crippen molar-refractivity contribution in [2.45, 2.75) is 19.3 Å². The van der Waals surface area contributed by atoms with E-state index in [9.17, 15) is 0 Å². The highest BCUT2D eigenvalue weighted by atomic mass is 15.2. The standard InChI is InChI=1S/C9H18N2/c1-2-6-10-9-11-7-4-3-5-8-11/h2,10H,1,3-9H2. The molecule has 1 N–H and O–H groups in total. The Kier molecular flexibility index (Phi) is 4.24. The summed E-state index contributed by atoms with van der Waals surface area (Å²) < 4.78 is 0. The molecule has 0 radical (unpaired) electrons. The predicted molar refractivity (Wildman–Crippen MR) is 48.5 cm³/mol. The quantitative estimate of drug-likeness (QED) is 0.483. The maximum atomic E-state index is 3.66. The lowest BCUT2D eigenvalue weighted by molar-refractivity contribution is 0.215. The minimum atomic E-state index is 0.927. The molecule has 0 aromatic heterocycles. The maximum Gasteiger partial charge on any atom is 0.0482 e. The molecule has 0 aliphatic carbocycles. The van der Waals surface area contributed by atoms with Crippen LogP contribution in [0.5, 0.6) is 0 Å². The molecule has 11 heavy (non-hydrogen) atoms. The van der Waals surface area contributed by atoms with E-state index in [1.807, 2.05) is 6.08 Å². The van der Waals surface area contributed by atoms with E-state index >= 15 is 0 Å². The van der Waals surface area contributed by atoms with Gasteiger partial charge in [-0.15, -0.1) is 6.58 Å². The SMILES string of the molecule is C=CCNCN1CCCCC1. The molecule has 0 aromatic carbocycles. The van der Waals surface area contributed by atoms with E-state index in [-0.39, 0.29) is 0 Å². The fourth-order valence-electron chi connectivity index (χ4n) is 1.44. The number of rotatable bonds is 4. The second-order valence-electron chi connectivity index (χ2n) is 3.08. The summed E-state index contributed by atoms with van der Waals surface area (Å²) >= 11 is 0. The van der Waals surface area contributed by atoms with Crippen molar-refractivity contribution in [1.29, 1.82) is 0 Å². The molecule has 0 atom stereocenters. The third-order valence-electron chi connectivity index (χ3n) is 2.07. The first kappa shape index (κ1) is 8.75. The highest BCUT2D eigenvalue weighted by Crippen LogP contribution is 2.06. The summed E-state index contributed by atoms with van der Waals surface area (Å²) in [6.07, 6.45) is 6.06. The molecule has 1 saturated heterocycles. The summed E-state index contributed by atoms with van der Waals surface area (Å²) in [4.78, 5) is 2.47. The summed E-state index contributed by atoms with van der Waals surface area (Å²) in [6, 6.07) is 0. The first-order chi connectivity index (χ1) is 5.43. The molecule has 2 nitrogen and oxygen atoms in total. The van der Waals surface area contributed by atoms with E-state index in [4.69, 9.17) is 0 Å². The topological polar surface area (TPSA) is 15.3 Å². The van der Waals surface area contributed by atoms with Gasteiger partial charge >= 0.3 is 0 Å². The molecule has 64 valence electrons. The Bertz CT molecular complexity index is 106. The zero-order valence-corrected chi connectivity index (χ0v) is 7.18. The molecule has 1 aliphatic heterocycles. The molecule has 2 heteroatoms. The van der Waals surface area contributed by atoms with Crippen LogP contribution >= 0.6 is 0 Å². The molecule has 0 amide bonds. The normalized spacial score (nSPS) is 20.0. The van der Waals surface area contributed by atoms with Crippen LogP contribution in [-0.4, -0.2) is 31.2 Å². The molecule has 1 fully saturated rings. The summed E-state index contributed by atoms with van der Waals surface area (Å²) in [5.41, 5.74) is 0. The molecule has 0 unspecified atom stereocenters. The number of piperidine rings is 1. The number of hydrogen-bond donors (Lipinski definition) is 1. The van der Waals surface area contributed by atoms with Crippen LogP contribution in [0.15, 0.2) is 12.7 Å². The van der Waals surface area contributed by atoms with Crippen LogP contribution in [0.2, 0.25) is 0 Å². The smallest absolute Gasteiger partial charge is 0.0482 e. The zero-order valence-electron chi connectivity index (χ0n) is 7.18. The van der Waals surface area contributed by atoms with E-state index < -0.39 is 0 Å². The zero-order chi connectivity index (χ0) is 7.94. The average molecular weight is 154 g/mol. The van der Waals surface area contributed by atoms with Crippen LogP contribution in [0.25, 0.3) is 0 Å². The molecule has 0 saturated carbocycles. The fourth-order valence-corrected chi connectivity index (χ4v) is 1.44. The van der Waals surface area contributed by atoms with Gasteiger partial charge in [-0.1, -0.05) is 12.5 Å². The monoisotopic (exact) mass is 154 g/mol.